The normalized spacial score (nSPS) is 10.0. The molecule has 0 aliphatic rings. The van der Waals surface area contributed by atoms with E-state index in [1.54, 1.807) is 0 Å². The molecule has 60 valence electrons. The Morgan fingerprint density at radius 2 is 2.36 bits per heavy atom. The molecule has 0 aliphatic carbocycles. The van der Waals surface area contributed by atoms with Crippen molar-refractivity contribution >= 4 is 11.6 Å². The largest absolute Gasteiger partial charge is 0.506 e. The smallest absolute Gasteiger partial charge is 0.135 e. The van der Waals surface area contributed by atoms with E-state index in [9.17, 15) is 0 Å². The summed E-state index contributed by atoms with van der Waals surface area (Å²) >= 11 is 5.73. The Labute approximate surface area is 69.8 Å². The molecular weight excluding hydrogens is 164 g/mol. The molecule has 1 aromatic heterocycles. The Morgan fingerprint density at radius 1 is 1.64 bits per heavy atom. The van der Waals surface area contributed by atoms with E-state index in [1.807, 2.05) is 0 Å². The predicted octanol–water partition coefficient (Wildman–Crippen LogP) is 0.942. The number of halogens is 1. The van der Waals surface area contributed by atoms with Gasteiger partial charge < -0.3 is 10.8 Å². The number of aromatic hydroxyl groups is 1. The van der Waals surface area contributed by atoms with Gasteiger partial charge in [0.25, 0.3) is 0 Å². The molecule has 3 N–H and O–H groups in total. The van der Waals surface area contributed by atoms with E-state index < -0.39 is 0 Å². The summed E-state index contributed by atoms with van der Waals surface area (Å²) in [5.74, 6) is 0.0794. The highest BCUT2D eigenvalue weighted by molar-refractivity contribution is 6.31. The van der Waals surface area contributed by atoms with Crippen LogP contribution < -0.4 is 5.73 Å². The van der Waals surface area contributed by atoms with E-state index in [-0.39, 0.29) is 5.75 Å². The van der Waals surface area contributed by atoms with E-state index in [4.69, 9.17) is 22.4 Å². The average Bonchev–Trinajstić information content (AvgIpc) is 1.95. The SMILES string of the molecule is NCCc1ncc(O)cc1Cl. The zero-order chi connectivity index (χ0) is 8.27. The van der Waals surface area contributed by atoms with Crippen molar-refractivity contribution in [1.29, 1.82) is 0 Å². The van der Waals surface area contributed by atoms with E-state index in [0.29, 0.717) is 18.0 Å². The standard InChI is InChI=1S/C7H9ClN2O/c8-6-3-5(11)4-10-7(6)1-2-9/h3-4,11H,1-2,9H2. The molecule has 0 fully saturated rings. The summed E-state index contributed by atoms with van der Waals surface area (Å²) in [4.78, 5) is 3.91. The molecule has 0 atom stereocenters. The number of hydrogen-bond donors (Lipinski definition) is 2. The van der Waals surface area contributed by atoms with Crippen LogP contribution in [0.3, 0.4) is 0 Å². The molecule has 0 aromatic carbocycles. The number of pyridine rings is 1. The van der Waals surface area contributed by atoms with Crippen LogP contribution in [0.1, 0.15) is 5.69 Å². The minimum absolute atomic E-state index is 0.0794. The molecule has 0 spiro atoms. The highest BCUT2D eigenvalue weighted by Gasteiger charge is 2.00. The first kappa shape index (κ1) is 8.30. The third-order valence-corrected chi connectivity index (χ3v) is 1.61. The van der Waals surface area contributed by atoms with Gasteiger partial charge in [-0.2, -0.15) is 0 Å². The van der Waals surface area contributed by atoms with Crippen molar-refractivity contribution in [2.45, 2.75) is 6.42 Å². The quantitative estimate of drug-likeness (QED) is 0.698. The number of aromatic nitrogens is 1. The molecule has 0 bridgehead atoms. The first-order chi connectivity index (χ1) is 5.24. The lowest BCUT2D eigenvalue weighted by Crippen LogP contribution is -2.04. The molecular formula is C7H9ClN2O. The van der Waals surface area contributed by atoms with Crippen molar-refractivity contribution in [3.63, 3.8) is 0 Å². The summed E-state index contributed by atoms with van der Waals surface area (Å²) in [5, 5.41) is 9.40. The molecule has 1 heterocycles. The van der Waals surface area contributed by atoms with Gasteiger partial charge in [0.15, 0.2) is 0 Å². The molecule has 11 heavy (non-hydrogen) atoms. The Morgan fingerprint density at radius 3 is 2.91 bits per heavy atom. The summed E-state index contributed by atoms with van der Waals surface area (Å²) in [6, 6.07) is 1.46. The van der Waals surface area contributed by atoms with Gasteiger partial charge in [0.1, 0.15) is 5.75 Å². The van der Waals surface area contributed by atoms with Gasteiger partial charge in [-0.25, -0.2) is 0 Å². The average molecular weight is 173 g/mol. The molecule has 0 unspecified atom stereocenters. The summed E-state index contributed by atoms with van der Waals surface area (Å²) in [7, 11) is 0. The Balaban J connectivity index is 2.90. The van der Waals surface area contributed by atoms with Crippen LogP contribution in [0.25, 0.3) is 0 Å². The fraction of sp³-hybridized carbons (Fsp3) is 0.286. The molecule has 0 saturated heterocycles. The molecule has 1 rings (SSSR count). The molecule has 3 nitrogen and oxygen atoms in total. The van der Waals surface area contributed by atoms with Crippen LogP contribution in [0.5, 0.6) is 5.75 Å². The minimum atomic E-state index is 0.0794. The lowest BCUT2D eigenvalue weighted by atomic mass is 10.3. The van der Waals surface area contributed by atoms with Gasteiger partial charge in [-0.1, -0.05) is 11.6 Å². The Hall–Kier alpha value is -0.800. The van der Waals surface area contributed by atoms with Gasteiger partial charge in [-0.05, 0) is 6.54 Å². The van der Waals surface area contributed by atoms with Gasteiger partial charge in [-0.3, -0.25) is 4.98 Å². The van der Waals surface area contributed by atoms with E-state index in [2.05, 4.69) is 4.98 Å². The zero-order valence-electron chi connectivity index (χ0n) is 5.92. The zero-order valence-corrected chi connectivity index (χ0v) is 6.67. The van der Waals surface area contributed by atoms with Crippen LogP contribution >= 0.6 is 11.6 Å². The molecule has 1 aromatic rings. The van der Waals surface area contributed by atoms with E-state index >= 15 is 0 Å². The van der Waals surface area contributed by atoms with Gasteiger partial charge >= 0.3 is 0 Å². The van der Waals surface area contributed by atoms with E-state index in [0.717, 1.165) is 5.69 Å². The fourth-order valence-corrected chi connectivity index (χ4v) is 1.03. The Bertz CT molecular complexity index is 252. The maximum Gasteiger partial charge on any atom is 0.135 e. The summed E-state index contributed by atoms with van der Waals surface area (Å²) in [6.07, 6.45) is 2.00. The third-order valence-electron chi connectivity index (χ3n) is 1.28. The van der Waals surface area contributed by atoms with Crippen LogP contribution in [0, 0.1) is 0 Å². The topological polar surface area (TPSA) is 59.1 Å². The number of rotatable bonds is 2. The predicted molar refractivity (Wildman–Crippen MR) is 43.7 cm³/mol. The summed E-state index contributed by atoms with van der Waals surface area (Å²) < 4.78 is 0. The van der Waals surface area contributed by atoms with Crippen molar-refractivity contribution in [1.82, 2.24) is 4.98 Å². The van der Waals surface area contributed by atoms with Crippen molar-refractivity contribution < 1.29 is 5.11 Å². The van der Waals surface area contributed by atoms with Crippen LogP contribution in [0.4, 0.5) is 0 Å². The highest BCUT2D eigenvalue weighted by Crippen LogP contribution is 2.18. The lowest BCUT2D eigenvalue weighted by molar-refractivity contribution is 0.472. The molecule has 0 aliphatic heterocycles. The minimum Gasteiger partial charge on any atom is -0.506 e. The summed E-state index contributed by atoms with van der Waals surface area (Å²) in [6.45, 7) is 0.511. The second-order valence-corrected chi connectivity index (χ2v) is 2.57. The second kappa shape index (κ2) is 3.55. The van der Waals surface area contributed by atoms with Crippen LogP contribution in [0.2, 0.25) is 5.02 Å². The number of nitrogens with two attached hydrogens (primary N) is 1. The van der Waals surface area contributed by atoms with Crippen molar-refractivity contribution in [2.24, 2.45) is 5.73 Å². The highest BCUT2D eigenvalue weighted by atomic mass is 35.5. The second-order valence-electron chi connectivity index (χ2n) is 2.16. The van der Waals surface area contributed by atoms with Crippen LogP contribution in [0.15, 0.2) is 12.3 Å². The van der Waals surface area contributed by atoms with Crippen LogP contribution in [-0.4, -0.2) is 16.6 Å². The van der Waals surface area contributed by atoms with Crippen molar-refractivity contribution in [3.05, 3.63) is 23.0 Å². The van der Waals surface area contributed by atoms with Gasteiger partial charge in [0, 0.05) is 12.5 Å². The fourth-order valence-electron chi connectivity index (χ4n) is 0.777. The Kier molecular flexibility index (Phi) is 2.68. The summed E-state index contributed by atoms with van der Waals surface area (Å²) in [5.41, 5.74) is 6.04. The van der Waals surface area contributed by atoms with Crippen molar-refractivity contribution in [2.75, 3.05) is 6.54 Å². The third kappa shape index (κ3) is 2.06. The van der Waals surface area contributed by atoms with E-state index in [1.165, 1.54) is 12.3 Å². The maximum absolute atomic E-state index is 8.93. The number of nitrogens with zero attached hydrogens (tertiary/aromatic N) is 1. The first-order valence-corrected chi connectivity index (χ1v) is 3.65. The van der Waals surface area contributed by atoms with Crippen LogP contribution in [-0.2, 0) is 6.42 Å². The number of hydrogen-bond acceptors (Lipinski definition) is 3. The molecule has 0 radical (unpaired) electrons. The van der Waals surface area contributed by atoms with Crippen molar-refractivity contribution in [3.8, 4) is 5.75 Å². The lowest BCUT2D eigenvalue weighted by Gasteiger charge is -2.00. The molecule has 4 heteroatoms. The van der Waals surface area contributed by atoms with Gasteiger partial charge in [-0.15, -0.1) is 0 Å². The van der Waals surface area contributed by atoms with Gasteiger partial charge in [0.05, 0.1) is 16.9 Å². The monoisotopic (exact) mass is 172 g/mol. The van der Waals surface area contributed by atoms with Gasteiger partial charge in [0.2, 0.25) is 0 Å². The maximum atomic E-state index is 8.93. The first-order valence-electron chi connectivity index (χ1n) is 3.27. The molecule has 0 saturated carbocycles. The molecule has 0 amide bonds.